The molecule has 0 N–H and O–H groups in total. The van der Waals surface area contributed by atoms with Gasteiger partial charge in [-0.3, -0.25) is 9.59 Å². The fraction of sp³-hybridized carbons (Fsp3) is 0.700. The Bertz CT molecular complexity index is 497. The molecule has 0 aliphatic heterocycles. The average molecular weight is 419 g/mol. The molecule has 0 aromatic heterocycles. The summed E-state index contributed by atoms with van der Waals surface area (Å²) in [5.41, 5.74) is 0. The maximum Gasteiger partial charge on any atom is 0.361 e. The Kier molecular flexibility index (Phi) is 14.6. The number of carbonyl (C=O) groups is 2. The van der Waals surface area contributed by atoms with E-state index in [1.807, 2.05) is 13.8 Å². The van der Waals surface area contributed by atoms with Crippen LogP contribution in [0.4, 0.5) is 0 Å². The lowest BCUT2D eigenvalue weighted by Gasteiger charge is -2.26. The van der Waals surface area contributed by atoms with E-state index >= 15 is 0 Å². The van der Waals surface area contributed by atoms with Crippen molar-refractivity contribution in [3.05, 3.63) is 24.0 Å². The van der Waals surface area contributed by atoms with Gasteiger partial charge in [0.15, 0.2) is 11.6 Å². The zero-order valence-electron chi connectivity index (χ0n) is 18.5. The highest BCUT2D eigenvalue weighted by Gasteiger charge is 2.45. The Hall–Kier alpha value is -2.10. The molecule has 0 aliphatic carbocycles. The second-order valence-electron chi connectivity index (χ2n) is 6.02. The van der Waals surface area contributed by atoms with Gasteiger partial charge in [-0.2, -0.15) is 9.68 Å². The zero-order chi connectivity index (χ0) is 22.1. The van der Waals surface area contributed by atoms with Crippen LogP contribution in [-0.4, -0.2) is 43.1 Å². The Morgan fingerprint density at radius 2 is 1.10 bits per heavy atom. The standard InChI is InChI=1S/C20H36NO8/c1-7-11-13-26-21(27-14-12-8-2,28-19(24-9-3)15-17(5)22)29-20(25-10-4)16-18(6)23/h15-16H,7-14H2,1-6H3/q+1/b19-15+,20-16+. The van der Waals surface area contributed by atoms with E-state index in [1.54, 1.807) is 13.8 Å². The molecule has 0 atom stereocenters. The molecular formula is C20H36NO8+. The van der Waals surface area contributed by atoms with Gasteiger partial charge >= 0.3 is 17.0 Å². The number of ketones is 2. The molecule has 9 nitrogen and oxygen atoms in total. The van der Waals surface area contributed by atoms with Crippen molar-refractivity contribution in [2.24, 2.45) is 0 Å². The highest BCUT2D eigenvalue weighted by atomic mass is 17.4. The van der Waals surface area contributed by atoms with Crippen molar-refractivity contribution in [2.45, 2.75) is 67.2 Å². The number of rotatable bonds is 18. The van der Waals surface area contributed by atoms with Crippen LogP contribution in [0.25, 0.3) is 0 Å². The van der Waals surface area contributed by atoms with E-state index in [9.17, 15) is 9.59 Å². The lowest BCUT2D eigenvalue weighted by Crippen LogP contribution is -2.48. The highest BCUT2D eigenvalue weighted by Crippen LogP contribution is 2.24. The quantitative estimate of drug-likeness (QED) is 0.108. The third-order valence-electron chi connectivity index (χ3n) is 3.11. The van der Waals surface area contributed by atoms with Crippen LogP contribution in [0, 0.1) is 0 Å². The van der Waals surface area contributed by atoms with E-state index in [0.717, 1.165) is 25.0 Å². The molecular weight excluding hydrogens is 382 g/mol. The first-order valence-electron chi connectivity index (χ1n) is 10.1. The molecule has 0 unspecified atom stereocenters. The average Bonchev–Trinajstić information content (AvgIpc) is 2.61. The molecule has 168 valence electrons. The summed E-state index contributed by atoms with van der Waals surface area (Å²) in [6.07, 6.45) is 5.42. The molecule has 0 amide bonds. The van der Waals surface area contributed by atoms with Crippen LogP contribution in [0.2, 0.25) is 0 Å². The van der Waals surface area contributed by atoms with Gasteiger partial charge in [0.2, 0.25) is 0 Å². The molecule has 0 saturated carbocycles. The summed E-state index contributed by atoms with van der Waals surface area (Å²) >= 11 is 0. The van der Waals surface area contributed by atoms with E-state index in [1.165, 1.54) is 13.8 Å². The summed E-state index contributed by atoms with van der Waals surface area (Å²) in [5.74, 6) is -0.880. The highest BCUT2D eigenvalue weighted by molar-refractivity contribution is 5.87. The molecule has 0 aliphatic rings. The van der Waals surface area contributed by atoms with Crippen molar-refractivity contribution in [2.75, 3.05) is 26.4 Å². The fourth-order valence-corrected chi connectivity index (χ4v) is 1.83. The fourth-order valence-electron chi connectivity index (χ4n) is 1.83. The number of unbranched alkanes of at least 4 members (excludes halogenated alkanes) is 2. The van der Waals surface area contributed by atoms with Crippen molar-refractivity contribution < 1.29 is 43.5 Å². The minimum absolute atomic E-state index is 0.147. The SMILES string of the molecule is CCCCO[N+](OCCCC)(O/C(=C/C(C)=O)OCC)O/C(=C/C(C)=O)OCC. The van der Waals surface area contributed by atoms with Crippen molar-refractivity contribution in [1.82, 2.24) is 0 Å². The van der Waals surface area contributed by atoms with Crippen molar-refractivity contribution in [3.63, 3.8) is 0 Å². The number of nitrogens with zero attached hydrogens (tertiary/aromatic N) is 1. The van der Waals surface area contributed by atoms with Gasteiger partial charge in [-0.1, -0.05) is 36.4 Å². The normalized spacial score (nSPS) is 12.5. The topological polar surface area (TPSA) is 89.5 Å². The first kappa shape index (κ1) is 26.9. The molecule has 0 spiro atoms. The minimum atomic E-state index is -1.25. The second-order valence-corrected chi connectivity index (χ2v) is 6.02. The van der Waals surface area contributed by atoms with Gasteiger partial charge in [-0.05, 0) is 40.5 Å². The summed E-state index contributed by atoms with van der Waals surface area (Å²) in [5, 5.41) is -1.25. The first-order valence-corrected chi connectivity index (χ1v) is 10.1. The molecule has 9 heteroatoms. The van der Waals surface area contributed by atoms with Gasteiger partial charge in [-0.25, -0.2) is 0 Å². The van der Waals surface area contributed by atoms with Gasteiger partial charge in [0, 0.05) is 0 Å². The summed E-state index contributed by atoms with van der Waals surface area (Å²) < 4.78 is 10.8. The molecule has 0 bridgehead atoms. The van der Waals surface area contributed by atoms with E-state index < -0.39 is 5.14 Å². The van der Waals surface area contributed by atoms with Crippen LogP contribution >= 0.6 is 0 Å². The summed E-state index contributed by atoms with van der Waals surface area (Å²) in [7, 11) is 0. The summed E-state index contributed by atoms with van der Waals surface area (Å²) in [4.78, 5) is 46.0. The molecule has 0 radical (unpaired) electrons. The van der Waals surface area contributed by atoms with E-state index in [0.29, 0.717) is 12.8 Å². The minimum Gasteiger partial charge on any atom is -0.461 e. The molecule has 0 aromatic rings. The maximum atomic E-state index is 11.6. The van der Waals surface area contributed by atoms with Gasteiger partial charge in [-0.15, -0.1) is 0 Å². The molecule has 0 heterocycles. The van der Waals surface area contributed by atoms with Crippen molar-refractivity contribution >= 4 is 11.6 Å². The number of ether oxygens (including phenoxy) is 2. The second kappa shape index (κ2) is 15.8. The number of allylic oxidation sites excluding steroid dienone is 2. The summed E-state index contributed by atoms with van der Waals surface area (Å²) in [6, 6.07) is 0. The lowest BCUT2D eigenvalue weighted by molar-refractivity contribution is -1.47. The Morgan fingerprint density at radius 1 is 0.724 bits per heavy atom. The number of quaternary nitrogens is 1. The van der Waals surface area contributed by atoms with Crippen LogP contribution in [0.5, 0.6) is 0 Å². The first-order chi connectivity index (χ1) is 13.8. The molecule has 0 aromatic carbocycles. The van der Waals surface area contributed by atoms with E-state index in [-0.39, 0.29) is 49.9 Å². The largest absolute Gasteiger partial charge is 0.461 e. The zero-order valence-corrected chi connectivity index (χ0v) is 18.5. The summed E-state index contributed by atoms with van der Waals surface area (Å²) in [6.45, 7) is 11.1. The monoisotopic (exact) mass is 418 g/mol. The number of hydrogen-bond donors (Lipinski definition) is 0. The van der Waals surface area contributed by atoms with E-state index in [2.05, 4.69) is 0 Å². The predicted molar refractivity (Wildman–Crippen MR) is 105 cm³/mol. The number of hydrogen-bond acceptors (Lipinski definition) is 8. The van der Waals surface area contributed by atoms with Crippen LogP contribution in [-0.2, 0) is 38.4 Å². The van der Waals surface area contributed by atoms with Gasteiger partial charge < -0.3 is 9.47 Å². The smallest absolute Gasteiger partial charge is 0.361 e. The lowest BCUT2D eigenvalue weighted by atomic mass is 10.4. The maximum absolute atomic E-state index is 11.6. The molecule has 0 saturated heterocycles. The Balaban J connectivity index is 5.96. The van der Waals surface area contributed by atoms with Crippen LogP contribution < -0.4 is 0 Å². The third kappa shape index (κ3) is 12.9. The number of carbonyl (C=O) groups excluding carboxylic acids is 2. The predicted octanol–water partition coefficient (Wildman–Crippen LogP) is 4.06. The van der Waals surface area contributed by atoms with Gasteiger partial charge in [0.05, 0.1) is 25.4 Å². The molecule has 29 heavy (non-hydrogen) atoms. The van der Waals surface area contributed by atoms with Crippen molar-refractivity contribution in [3.8, 4) is 0 Å². The van der Waals surface area contributed by atoms with Crippen LogP contribution in [0.3, 0.4) is 0 Å². The van der Waals surface area contributed by atoms with Crippen molar-refractivity contribution in [1.29, 1.82) is 0 Å². The van der Waals surface area contributed by atoms with Crippen LogP contribution in [0.1, 0.15) is 67.2 Å². The Labute approximate surface area is 173 Å². The Morgan fingerprint density at radius 3 is 1.38 bits per heavy atom. The van der Waals surface area contributed by atoms with E-state index in [4.69, 9.17) is 28.8 Å². The molecule has 0 rings (SSSR count). The van der Waals surface area contributed by atoms with Gasteiger partial charge in [0.1, 0.15) is 13.2 Å². The third-order valence-corrected chi connectivity index (χ3v) is 3.11. The van der Waals surface area contributed by atoms with Crippen LogP contribution in [0.15, 0.2) is 24.0 Å². The molecule has 0 fully saturated rings. The van der Waals surface area contributed by atoms with Gasteiger partial charge in [0.25, 0.3) is 0 Å².